The van der Waals surface area contributed by atoms with Crippen molar-refractivity contribution < 1.29 is 14.6 Å². The van der Waals surface area contributed by atoms with Gasteiger partial charge in [0.15, 0.2) is 16.7 Å². The molecule has 0 radical (unpaired) electrons. The van der Waals surface area contributed by atoms with Gasteiger partial charge in [-0.3, -0.25) is 0 Å². The number of aliphatic hydroxyl groups is 2. The van der Waals surface area contributed by atoms with Gasteiger partial charge >= 0.3 is 0 Å². The quantitative estimate of drug-likeness (QED) is 0.305. The minimum absolute atomic E-state index is 0.377. The number of aliphatic hydroxyl groups excluding tert-OH is 2. The molecule has 0 spiro atoms. The van der Waals surface area contributed by atoms with E-state index >= 15 is 0 Å². The van der Waals surface area contributed by atoms with Crippen molar-refractivity contribution >= 4 is 49.3 Å². The van der Waals surface area contributed by atoms with Crippen molar-refractivity contribution in [3.8, 4) is 11.5 Å². The molecule has 0 fully saturated rings. The van der Waals surface area contributed by atoms with Crippen LogP contribution in [0, 0.1) is 0 Å². The molecule has 7 nitrogen and oxygen atoms in total. The summed E-state index contributed by atoms with van der Waals surface area (Å²) in [6, 6.07) is 3.86. The number of pyridine rings is 1. The summed E-state index contributed by atoms with van der Waals surface area (Å²) < 4.78 is 6.64. The van der Waals surface area contributed by atoms with Crippen LogP contribution in [-0.4, -0.2) is 56.7 Å². The molecule has 0 amide bonds. The molecule has 0 bridgehead atoms. The minimum Gasteiger partial charge on any atom is -0.463 e. The minimum atomic E-state index is -0.557. The molecule has 0 aliphatic heterocycles. The van der Waals surface area contributed by atoms with Crippen LogP contribution in [0.5, 0.6) is 0 Å². The van der Waals surface area contributed by atoms with Gasteiger partial charge in [0.1, 0.15) is 10.5 Å². The summed E-state index contributed by atoms with van der Waals surface area (Å²) in [6.45, 7) is 4.25. The molecule has 1 aliphatic carbocycles. The second kappa shape index (κ2) is 8.62. The smallest absolute Gasteiger partial charge is 0.189 e. The number of rotatable bonds is 7. The first kappa shape index (κ1) is 21.6. The third-order valence-corrected chi connectivity index (χ3v) is 7.32. The average molecular weight is 471 g/mol. The van der Waals surface area contributed by atoms with Crippen molar-refractivity contribution in [1.82, 2.24) is 15.0 Å². The van der Waals surface area contributed by atoms with Crippen molar-refractivity contribution in [2.75, 3.05) is 24.2 Å². The summed E-state index contributed by atoms with van der Waals surface area (Å²) in [7, 11) is 0. The normalized spacial score (nSPS) is 15.4. The Hall–Kier alpha value is -2.20. The lowest BCUT2D eigenvalue weighted by molar-refractivity contribution is 0.178. The predicted octanol–water partition coefficient (Wildman–Crippen LogP) is 4.28. The van der Waals surface area contributed by atoms with Crippen LogP contribution in [0.3, 0.4) is 0 Å². The molecule has 5 rings (SSSR count). The van der Waals surface area contributed by atoms with Crippen LogP contribution in [0.1, 0.15) is 31.4 Å². The van der Waals surface area contributed by atoms with Gasteiger partial charge in [-0.05, 0) is 62.6 Å². The molecule has 0 unspecified atom stereocenters. The number of fused-ring (bicyclic) bond motifs is 5. The van der Waals surface area contributed by atoms with Crippen LogP contribution in [-0.2, 0) is 12.8 Å². The van der Waals surface area contributed by atoms with Gasteiger partial charge in [0.25, 0.3) is 0 Å². The lowest BCUT2D eigenvalue weighted by atomic mass is 10.0. The summed E-state index contributed by atoms with van der Waals surface area (Å²) in [5.74, 6) is 1.54. The Morgan fingerprint density at radius 1 is 1.12 bits per heavy atom. The zero-order valence-corrected chi connectivity index (χ0v) is 20.0. The fraction of sp³-hybridized carbons (Fsp3) is 0.435. The van der Waals surface area contributed by atoms with E-state index in [1.54, 1.807) is 31.4 Å². The number of aryl methyl sites for hydroxylation is 1. The average Bonchev–Trinajstić information content (AvgIpc) is 3.49. The van der Waals surface area contributed by atoms with Crippen LogP contribution < -0.4 is 4.90 Å². The number of hydrogen-bond donors (Lipinski definition) is 2. The maximum atomic E-state index is 10.1. The molecule has 1 aliphatic rings. The number of thiophene rings is 1. The summed E-state index contributed by atoms with van der Waals surface area (Å²) in [6.07, 6.45) is 5.60. The molecular formula is C23H26N4O3S2. The topological polar surface area (TPSA) is 95.5 Å². The van der Waals surface area contributed by atoms with E-state index < -0.39 is 12.2 Å². The molecule has 0 aromatic carbocycles. The van der Waals surface area contributed by atoms with E-state index in [0.29, 0.717) is 18.2 Å². The van der Waals surface area contributed by atoms with E-state index in [-0.39, 0.29) is 0 Å². The van der Waals surface area contributed by atoms with Gasteiger partial charge in [0.05, 0.1) is 28.7 Å². The second-order valence-corrected chi connectivity index (χ2v) is 10.1. The first-order chi connectivity index (χ1) is 15.5. The highest BCUT2D eigenvalue weighted by molar-refractivity contribution is 7.98. The molecule has 4 heterocycles. The van der Waals surface area contributed by atoms with E-state index in [4.69, 9.17) is 19.4 Å². The number of furan rings is 1. The Labute approximate surface area is 194 Å². The van der Waals surface area contributed by atoms with Crippen molar-refractivity contribution in [3.05, 3.63) is 29.5 Å². The molecule has 9 heteroatoms. The number of nitrogens with zero attached hydrogens (tertiary/aromatic N) is 4. The first-order valence-corrected chi connectivity index (χ1v) is 12.8. The van der Waals surface area contributed by atoms with Crippen LogP contribution in [0.4, 0.5) is 5.82 Å². The summed E-state index contributed by atoms with van der Waals surface area (Å²) in [5.41, 5.74) is 4.40. The van der Waals surface area contributed by atoms with Gasteiger partial charge in [-0.1, -0.05) is 11.8 Å². The molecule has 32 heavy (non-hydrogen) atoms. The Kier molecular flexibility index (Phi) is 5.83. The highest BCUT2D eigenvalue weighted by Crippen LogP contribution is 2.44. The monoisotopic (exact) mass is 470 g/mol. The van der Waals surface area contributed by atoms with Gasteiger partial charge in [0.2, 0.25) is 0 Å². The Balaban J connectivity index is 1.80. The van der Waals surface area contributed by atoms with E-state index in [9.17, 15) is 10.2 Å². The first-order valence-electron chi connectivity index (χ1n) is 10.8. The van der Waals surface area contributed by atoms with Crippen molar-refractivity contribution in [2.45, 2.75) is 50.5 Å². The Morgan fingerprint density at radius 2 is 1.88 bits per heavy atom. The van der Waals surface area contributed by atoms with Crippen molar-refractivity contribution in [2.24, 2.45) is 0 Å². The third kappa shape index (κ3) is 3.77. The van der Waals surface area contributed by atoms with Crippen LogP contribution in [0.25, 0.3) is 31.9 Å². The second-order valence-electron chi connectivity index (χ2n) is 8.35. The molecule has 2 atom stereocenters. The molecule has 168 valence electrons. The van der Waals surface area contributed by atoms with Crippen molar-refractivity contribution in [3.63, 3.8) is 0 Å². The van der Waals surface area contributed by atoms with Gasteiger partial charge in [-0.15, -0.1) is 11.3 Å². The third-order valence-electron chi connectivity index (χ3n) is 5.70. The molecule has 0 saturated carbocycles. The zero-order valence-electron chi connectivity index (χ0n) is 18.3. The van der Waals surface area contributed by atoms with Gasteiger partial charge in [-0.25, -0.2) is 15.0 Å². The molecule has 4 aromatic rings. The van der Waals surface area contributed by atoms with Gasteiger partial charge in [0, 0.05) is 18.5 Å². The maximum absolute atomic E-state index is 10.1. The van der Waals surface area contributed by atoms with Crippen LogP contribution in [0.2, 0.25) is 0 Å². The van der Waals surface area contributed by atoms with Crippen molar-refractivity contribution in [1.29, 1.82) is 0 Å². The standard InChI is InChI=1S/C23H26N4O3S2/c1-12(28)10-27(11-13(2)29)21-20-19(25-23(26-21)31-3)17-14-6-4-7-15(14)18(24-22(17)32-20)16-8-5-9-30-16/h5,8-9,12-13,28-29H,4,6-7,10-11H2,1-3H3/t12-,13+. The van der Waals surface area contributed by atoms with Crippen LogP contribution >= 0.6 is 23.1 Å². The highest BCUT2D eigenvalue weighted by Gasteiger charge is 2.28. The summed E-state index contributed by atoms with van der Waals surface area (Å²) in [5, 5.41) is 22.0. The fourth-order valence-electron chi connectivity index (χ4n) is 4.54. The highest BCUT2D eigenvalue weighted by atomic mass is 32.2. The lowest BCUT2D eigenvalue weighted by Gasteiger charge is -2.27. The maximum Gasteiger partial charge on any atom is 0.189 e. The fourth-order valence-corrected chi connectivity index (χ4v) is 6.06. The van der Waals surface area contributed by atoms with Gasteiger partial charge in [-0.2, -0.15) is 0 Å². The molecule has 2 N–H and O–H groups in total. The number of hydrogen-bond acceptors (Lipinski definition) is 9. The van der Waals surface area contributed by atoms with E-state index in [0.717, 1.165) is 57.0 Å². The Morgan fingerprint density at radius 3 is 2.53 bits per heavy atom. The predicted molar refractivity (Wildman–Crippen MR) is 130 cm³/mol. The number of aromatic nitrogens is 3. The SMILES string of the molecule is CSc1nc(N(C[C@H](C)O)C[C@@H](C)O)c2sc3nc(-c4ccco4)c4c(c3c2n1)CCC4. The van der Waals surface area contributed by atoms with Crippen LogP contribution in [0.15, 0.2) is 28.0 Å². The zero-order chi connectivity index (χ0) is 22.4. The molecular weight excluding hydrogens is 444 g/mol. The number of thioether (sulfide) groups is 1. The summed E-state index contributed by atoms with van der Waals surface area (Å²) in [4.78, 5) is 17.6. The molecule has 0 saturated heterocycles. The lowest BCUT2D eigenvalue weighted by Crippen LogP contribution is -2.37. The Bertz CT molecular complexity index is 1260. The summed E-state index contributed by atoms with van der Waals surface area (Å²) >= 11 is 3.07. The largest absolute Gasteiger partial charge is 0.463 e. The number of anilines is 1. The van der Waals surface area contributed by atoms with E-state index in [1.807, 2.05) is 23.3 Å². The molecule has 4 aromatic heterocycles. The van der Waals surface area contributed by atoms with E-state index in [2.05, 4.69) is 0 Å². The van der Waals surface area contributed by atoms with E-state index in [1.165, 1.54) is 22.9 Å². The van der Waals surface area contributed by atoms with Gasteiger partial charge < -0.3 is 19.5 Å².